The predicted octanol–water partition coefficient (Wildman–Crippen LogP) is 5.53. The fraction of sp³-hybridized carbons (Fsp3) is 0.308. The Labute approximate surface area is 491 Å². The molecule has 4 saturated heterocycles. The highest BCUT2D eigenvalue weighted by atomic mass is 35.5. The van der Waals surface area contributed by atoms with E-state index in [4.69, 9.17) is 61.7 Å². The first kappa shape index (κ1) is 57.2. The minimum atomic E-state index is -1.28. The summed E-state index contributed by atoms with van der Waals surface area (Å²) in [6.45, 7) is 3.63. The molecule has 84 heavy (non-hydrogen) atoms. The molecule has 4 N–H and O–H groups in total. The van der Waals surface area contributed by atoms with Crippen LogP contribution in [0.3, 0.4) is 0 Å². The average Bonchev–Trinajstić information content (AvgIpc) is 1.87. The van der Waals surface area contributed by atoms with Gasteiger partial charge in [-0.15, -0.1) is 22.7 Å². The molecule has 4 atom stereocenters. The van der Waals surface area contributed by atoms with Crippen LogP contribution >= 0.6 is 45.9 Å². The molecule has 2 aromatic carbocycles. The lowest BCUT2D eigenvalue weighted by atomic mass is 9.95. The first-order valence-corrected chi connectivity index (χ1v) is 28.0. The van der Waals surface area contributed by atoms with Gasteiger partial charge in [-0.05, 0) is 24.3 Å². The molecule has 6 aliphatic heterocycles. The van der Waals surface area contributed by atoms with Crippen molar-refractivity contribution in [3.8, 4) is 0 Å². The lowest BCUT2D eigenvalue weighted by molar-refractivity contribution is -0.137. The number of amidine groups is 2. The van der Waals surface area contributed by atoms with E-state index in [1.807, 2.05) is 0 Å². The van der Waals surface area contributed by atoms with Gasteiger partial charge in [-0.1, -0.05) is 35.3 Å². The summed E-state index contributed by atoms with van der Waals surface area (Å²) in [7, 11) is 2.54. The van der Waals surface area contributed by atoms with Crippen molar-refractivity contribution in [2.75, 3.05) is 89.5 Å². The van der Waals surface area contributed by atoms with Gasteiger partial charge in [0, 0.05) is 108 Å². The number of carboxylic acids is 2. The van der Waals surface area contributed by atoms with E-state index >= 15 is 0 Å². The normalized spacial score (nSPS) is 20.8. The number of aromatic nitrogens is 4. The number of benzene rings is 2. The quantitative estimate of drug-likeness (QED) is 0.0974. The lowest BCUT2D eigenvalue weighted by Gasteiger charge is -2.38. The first-order valence-electron chi connectivity index (χ1n) is 25.5. The molecule has 6 aliphatic rings. The van der Waals surface area contributed by atoms with E-state index < -0.39 is 47.6 Å². The van der Waals surface area contributed by atoms with Crippen molar-refractivity contribution < 1.29 is 66.1 Å². The van der Waals surface area contributed by atoms with Crippen molar-refractivity contribution in [2.24, 2.45) is 9.98 Å². The average molecular weight is 1230 g/mol. The van der Waals surface area contributed by atoms with E-state index in [1.54, 1.807) is 33.0 Å². The second kappa shape index (κ2) is 23.9. The second-order valence-electron chi connectivity index (χ2n) is 19.4. The van der Waals surface area contributed by atoms with Gasteiger partial charge in [0.05, 0.1) is 56.7 Å². The van der Waals surface area contributed by atoms with Crippen LogP contribution in [0.25, 0.3) is 0 Å². The summed E-state index contributed by atoms with van der Waals surface area (Å²) < 4.78 is 48.6. The van der Waals surface area contributed by atoms with Gasteiger partial charge in [0.1, 0.15) is 30.0 Å². The zero-order valence-electron chi connectivity index (χ0n) is 44.0. The number of nitrogens with zero attached hydrogens (tertiary/aromatic N) is 12. The van der Waals surface area contributed by atoms with E-state index in [2.05, 4.69) is 40.4 Å². The molecule has 0 saturated carbocycles. The number of amides is 4. The van der Waals surface area contributed by atoms with Crippen LogP contribution in [0, 0.1) is 11.6 Å². The van der Waals surface area contributed by atoms with Gasteiger partial charge in [-0.2, -0.15) is 4.98 Å². The van der Waals surface area contributed by atoms with E-state index in [-0.39, 0.29) is 95.0 Å². The number of piperazine rings is 2. The Balaban J connectivity index is 0.000000175. The third-order valence-electron chi connectivity index (χ3n) is 14.4. The predicted molar refractivity (Wildman–Crippen MR) is 296 cm³/mol. The molecule has 4 amide bonds. The van der Waals surface area contributed by atoms with Crippen molar-refractivity contribution in [1.82, 2.24) is 50.2 Å². The standard InChI is InChI=1S/2C26H23ClFN7O6S/c1-40-24(38)19-17(31-21(22-29-4-7-42-22)32-20(19)15-3-2-13(28)8-16(15)27)12-33-5-6-34-14(10-33)11-35(26(34)39)25-30-9-18(41-25)23(36)37;1-40-24(38)19-17(30-21(22-29-4-7-42-22)32-20(19)15-3-2-13(28)8-16(15)27)11-33-5-6-34-14(9-33)10-35(26(34)39)25-31-18(12-41-25)23(36)37/h2-4,7-9,14,20H,5-6,10-12H2,1H3,(H,31,32)(H,36,37);2-4,7-8,12,14,20H,5-6,9-11H2,1H3,(H,30,32)(H,36,37)/t2*14-,20-/m00/s1. The second-order valence-corrected chi connectivity index (χ2v) is 22.0. The Bertz CT molecular complexity index is 3490. The number of nitrogens with one attached hydrogen (secondary N) is 2. The molecule has 10 heterocycles. The number of urea groups is 2. The van der Waals surface area contributed by atoms with Crippen molar-refractivity contribution in [3.05, 3.63) is 149 Å². The molecular weight excluding hydrogens is 1190 g/mol. The minimum Gasteiger partial charge on any atom is -0.476 e. The van der Waals surface area contributed by atoms with Crippen molar-refractivity contribution in [2.45, 2.75) is 24.2 Å². The minimum absolute atomic E-state index is 0.0775. The zero-order valence-corrected chi connectivity index (χ0v) is 47.1. The largest absolute Gasteiger partial charge is 0.476 e. The number of anilines is 2. The summed E-state index contributed by atoms with van der Waals surface area (Å²) in [4.78, 5) is 111. The Morgan fingerprint density at radius 1 is 0.690 bits per heavy atom. The third-order valence-corrected chi connectivity index (χ3v) is 16.6. The Morgan fingerprint density at radius 3 is 1.58 bits per heavy atom. The third kappa shape index (κ3) is 11.4. The van der Waals surface area contributed by atoms with Crippen LogP contribution in [0.2, 0.25) is 10.0 Å². The molecule has 0 aliphatic carbocycles. The van der Waals surface area contributed by atoms with Gasteiger partial charge in [-0.25, -0.2) is 62.3 Å². The molecule has 26 nitrogen and oxygen atoms in total. The van der Waals surface area contributed by atoms with E-state index in [9.17, 15) is 37.5 Å². The molecular formula is C52H46Cl2F2N14O12S2. The highest BCUT2D eigenvalue weighted by Gasteiger charge is 2.46. The fourth-order valence-corrected chi connectivity index (χ4v) is 12.2. The van der Waals surface area contributed by atoms with Crippen LogP contribution in [-0.2, 0) is 19.1 Å². The number of ether oxygens (including phenoxy) is 2. The number of hydrogen-bond donors (Lipinski definition) is 4. The van der Waals surface area contributed by atoms with Crippen LogP contribution in [0.5, 0.6) is 0 Å². The van der Waals surface area contributed by atoms with Crippen molar-refractivity contribution in [3.63, 3.8) is 0 Å². The monoisotopic (exact) mass is 1230 g/mol. The zero-order chi connectivity index (χ0) is 59.1. The van der Waals surface area contributed by atoms with Crippen LogP contribution < -0.4 is 20.4 Å². The summed E-state index contributed by atoms with van der Waals surface area (Å²) in [6, 6.07) is 4.76. The highest BCUT2D eigenvalue weighted by Crippen LogP contribution is 2.40. The summed E-state index contributed by atoms with van der Waals surface area (Å²) >= 11 is 15.6. The summed E-state index contributed by atoms with van der Waals surface area (Å²) in [5.74, 6) is -4.32. The van der Waals surface area contributed by atoms with Crippen LogP contribution in [0.4, 0.5) is 30.4 Å². The number of carbonyl (C=O) groups excluding carboxylic acids is 4. The maximum atomic E-state index is 13.9. The molecule has 0 unspecified atom stereocenters. The molecule has 6 aromatic rings. The molecule has 32 heteroatoms. The number of esters is 2. The topological polar surface area (TPSA) is 307 Å². The molecule has 4 fully saturated rings. The van der Waals surface area contributed by atoms with Crippen molar-refractivity contribution >= 4 is 106 Å². The van der Waals surface area contributed by atoms with Gasteiger partial charge in [0.2, 0.25) is 5.76 Å². The molecule has 0 radical (unpaired) electrons. The molecule has 4 aromatic heterocycles. The van der Waals surface area contributed by atoms with Gasteiger partial charge < -0.3 is 49.0 Å². The smallest absolute Gasteiger partial charge is 0.373 e. The van der Waals surface area contributed by atoms with Crippen LogP contribution in [-0.4, -0.2) is 189 Å². The van der Waals surface area contributed by atoms with Crippen molar-refractivity contribution in [1.29, 1.82) is 0 Å². The lowest BCUT2D eigenvalue weighted by Crippen LogP contribution is -2.53. The highest BCUT2D eigenvalue weighted by molar-refractivity contribution is 7.12. The molecule has 436 valence electrons. The van der Waals surface area contributed by atoms with Gasteiger partial charge in [-0.3, -0.25) is 19.8 Å². The van der Waals surface area contributed by atoms with Gasteiger partial charge in [0.15, 0.2) is 27.4 Å². The van der Waals surface area contributed by atoms with Gasteiger partial charge in [0.25, 0.3) is 0 Å². The molecule has 0 spiro atoms. The Hall–Kier alpha value is -8.68. The molecule has 0 bridgehead atoms. The number of carbonyl (C=O) groups is 6. The summed E-state index contributed by atoms with van der Waals surface area (Å²) in [6.07, 6.45) is 5.34. The maximum absolute atomic E-state index is 13.9. The van der Waals surface area contributed by atoms with Crippen LogP contribution in [0.1, 0.15) is 54.3 Å². The number of oxazole rings is 2. The number of aliphatic imine (C=N–C) groups is 2. The number of methoxy groups -OCH3 is 2. The number of halogens is 4. The summed E-state index contributed by atoms with van der Waals surface area (Å²) in [5, 5.41) is 29.8. The number of aromatic carboxylic acids is 2. The Kier molecular flexibility index (Phi) is 16.3. The maximum Gasteiger partial charge on any atom is 0.373 e. The number of hydrogen-bond acceptors (Lipinski definition) is 22. The number of thiazole rings is 2. The van der Waals surface area contributed by atoms with E-state index in [1.165, 1.54) is 83.1 Å². The number of carboxylic acid groups (broad SMARTS) is 2. The SMILES string of the molecule is COC(=O)C1=C(CN2CCN3C(=O)N(c4nc(C(=O)O)co4)C[C@@H]3C2)NC(c2nccs2)=N[C@H]1c1ccc(F)cc1Cl.COC(=O)C1=C(CN2CCN3C(=O)N(c4ncc(C(=O)O)o4)C[C@@H]3C2)NC(c2nccs2)=N[C@H]1c1ccc(F)cc1Cl. The number of rotatable bonds is 14. The van der Waals surface area contributed by atoms with E-state index in [0.717, 1.165) is 12.5 Å². The van der Waals surface area contributed by atoms with Crippen LogP contribution in [0.15, 0.2) is 113 Å². The first-order chi connectivity index (χ1) is 40.5. The molecule has 12 rings (SSSR count). The number of fused-ring (bicyclic) bond motifs is 2. The summed E-state index contributed by atoms with van der Waals surface area (Å²) in [5.41, 5.74) is 2.04. The Morgan fingerprint density at radius 2 is 1.18 bits per heavy atom. The fourth-order valence-electron chi connectivity index (χ4n) is 10.5. The van der Waals surface area contributed by atoms with E-state index in [0.29, 0.717) is 83.5 Å². The van der Waals surface area contributed by atoms with Gasteiger partial charge >= 0.3 is 48.0 Å².